The summed E-state index contributed by atoms with van der Waals surface area (Å²) in [5.74, 6) is -2.34. The van der Waals surface area contributed by atoms with Crippen LogP contribution in [0.2, 0.25) is 5.02 Å². The van der Waals surface area contributed by atoms with Gasteiger partial charge in [-0.1, -0.05) is 23.7 Å². The van der Waals surface area contributed by atoms with E-state index in [4.69, 9.17) is 16.3 Å². The van der Waals surface area contributed by atoms with E-state index in [0.717, 1.165) is 5.56 Å². The number of ketones is 1. The van der Waals surface area contributed by atoms with E-state index in [0.29, 0.717) is 16.3 Å². The summed E-state index contributed by atoms with van der Waals surface area (Å²) in [7, 11) is 0. The van der Waals surface area contributed by atoms with Crippen molar-refractivity contribution >= 4 is 40.4 Å². The van der Waals surface area contributed by atoms with Crippen LogP contribution in [-0.2, 0) is 9.59 Å². The number of anilines is 1. The number of benzene rings is 3. The molecule has 3 aromatic rings. The zero-order valence-corrected chi connectivity index (χ0v) is 20.0. The molecule has 3 aromatic carbocycles. The van der Waals surface area contributed by atoms with E-state index in [-0.39, 0.29) is 34.9 Å². The van der Waals surface area contributed by atoms with Gasteiger partial charge in [-0.25, -0.2) is 0 Å². The highest BCUT2D eigenvalue weighted by molar-refractivity contribution is 6.51. The van der Waals surface area contributed by atoms with Crippen LogP contribution in [0, 0.1) is 17.0 Å². The molecule has 1 atom stereocenters. The molecule has 1 aliphatic heterocycles. The van der Waals surface area contributed by atoms with Gasteiger partial charge in [0.25, 0.3) is 17.4 Å². The van der Waals surface area contributed by atoms with Crippen LogP contribution in [0.25, 0.3) is 5.76 Å². The number of Topliss-reactive ketones (excluding diaryl/α,β-unsaturated/α-hetero) is 1. The number of carbonyl (C=O) groups excluding carboxylic acids is 2. The molecule has 2 N–H and O–H groups in total. The van der Waals surface area contributed by atoms with Crippen molar-refractivity contribution < 1.29 is 29.5 Å². The summed E-state index contributed by atoms with van der Waals surface area (Å²) in [5, 5.41) is 32.7. The smallest absolute Gasteiger partial charge is 0.300 e. The molecule has 184 valence electrons. The molecule has 36 heavy (non-hydrogen) atoms. The number of aliphatic hydroxyl groups is 1. The van der Waals surface area contributed by atoms with Gasteiger partial charge in [0.05, 0.1) is 23.1 Å². The Kier molecular flexibility index (Phi) is 6.67. The number of hydrogen-bond acceptors (Lipinski definition) is 7. The van der Waals surface area contributed by atoms with Crippen molar-refractivity contribution in [1.29, 1.82) is 0 Å². The van der Waals surface area contributed by atoms with E-state index >= 15 is 0 Å². The molecule has 1 saturated heterocycles. The molecule has 0 spiro atoms. The van der Waals surface area contributed by atoms with Crippen LogP contribution in [0.3, 0.4) is 0 Å². The lowest BCUT2D eigenvalue weighted by atomic mass is 9.94. The minimum absolute atomic E-state index is 0.120. The lowest BCUT2D eigenvalue weighted by molar-refractivity contribution is -0.384. The monoisotopic (exact) mass is 508 g/mol. The molecule has 4 rings (SSSR count). The van der Waals surface area contributed by atoms with Crippen LogP contribution < -0.4 is 9.64 Å². The number of carbonyl (C=O) groups is 2. The third-order valence-electron chi connectivity index (χ3n) is 5.83. The predicted molar refractivity (Wildman–Crippen MR) is 133 cm³/mol. The van der Waals surface area contributed by atoms with Crippen LogP contribution in [0.4, 0.5) is 11.4 Å². The Morgan fingerprint density at radius 1 is 1.11 bits per heavy atom. The van der Waals surface area contributed by atoms with E-state index < -0.39 is 28.4 Å². The number of nitro groups is 1. The topological polar surface area (TPSA) is 130 Å². The summed E-state index contributed by atoms with van der Waals surface area (Å²) in [6.45, 7) is 3.79. The highest BCUT2D eigenvalue weighted by Crippen LogP contribution is 2.44. The molecule has 1 fully saturated rings. The molecular weight excluding hydrogens is 488 g/mol. The molecule has 9 nitrogen and oxygen atoms in total. The number of aliphatic hydroxyl groups excluding tert-OH is 1. The van der Waals surface area contributed by atoms with Gasteiger partial charge in [0, 0.05) is 28.4 Å². The lowest BCUT2D eigenvalue weighted by Gasteiger charge is -2.26. The van der Waals surface area contributed by atoms with Gasteiger partial charge in [0.15, 0.2) is 11.5 Å². The van der Waals surface area contributed by atoms with Crippen LogP contribution >= 0.6 is 11.6 Å². The Labute approximate surface area is 211 Å². The SMILES string of the molecule is CCOc1cc(C2/C(=C(\O)c3ccc([N+](=O)[O-])cc3)C(=O)C(=O)N2c2ccc(C)c(Cl)c2)ccc1O. The van der Waals surface area contributed by atoms with Crippen LogP contribution in [0.5, 0.6) is 11.5 Å². The van der Waals surface area contributed by atoms with Gasteiger partial charge in [-0.05, 0) is 61.4 Å². The van der Waals surface area contributed by atoms with E-state index in [1.165, 1.54) is 47.4 Å². The number of nitrogens with zero attached hydrogens (tertiary/aromatic N) is 2. The van der Waals surface area contributed by atoms with Crippen molar-refractivity contribution in [2.75, 3.05) is 11.5 Å². The number of phenols is 1. The van der Waals surface area contributed by atoms with E-state index in [1.54, 1.807) is 32.0 Å². The third kappa shape index (κ3) is 4.36. The minimum Gasteiger partial charge on any atom is -0.507 e. The second-order valence-corrected chi connectivity index (χ2v) is 8.47. The summed E-state index contributed by atoms with van der Waals surface area (Å²) in [6.07, 6.45) is 0. The number of rotatable bonds is 6. The van der Waals surface area contributed by atoms with Gasteiger partial charge in [-0.2, -0.15) is 0 Å². The van der Waals surface area contributed by atoms with E-state index in [9.17, 15) is 29.9 Å². The minimum atomic E-state index is -1.10. The molecule has 1 heterocycles. The Bertz CT molecular complexity index is 1420. The molecule has 1 unspecified atom stereocenters. The Hall–Kier alpha value is -4.37. The standard InChI is InChI=1S/C26H21ClN2O7/c1-3-36-21-12-16(7-11-20(21)30)23-22(24(31)15-5-9-17(10-6-15)29(34)35)25(32)26(33)28(23)18-8-4-14(2)19(27)13-18/h4-13,23,30-31H,3H2,1-2H3/b24-22+. The average Bonchev–Trinajstić information content (AvgIpc) is 3.12. The third-order valence-corrected chi connectivity index (χ3v) is 6.24. The van der Waals surface area contributed by atoms with Crippen molar-refractivity contribution in [3.05, 3.63) is 98.1 Å². The van der Waals surface area contributed by atoms with E-state index in [1.807, 2.05) is 0 Å². The average molecular weight is 509 g/mol. The maximum absolute atomic E-state index is 13.3. The number of hydrogen-bond donors (Lipinski definition) is 2. The number of nitro benzene ring substituents is 1. The molecular formula is C26H21ClN2O7. The van der Waals surface area contributed by atoms with Gasteiger partial charge in [-0.3, -0.25) is 24.6 Å². The first-order chi connectivity index (χ1) is 17.1. The van der Waals surface area contributed by atoms with Gasteiger partial charge < -0.3 is 14.9 Å². The highest BCUT2D eigenvalue weighted by atomic mass is 35.5. The number of aryl methyl sites for hydroxylation is 1. The van der Waals surface area contributed by atoms with Crippen molar-refractivity contribution in [2.24, 2.45) is 0 Å². The van der Waals surface area contributed by atoms with Crippen molar-refractivity contribution in [2.45, 2.75) is 19.9 Å². The fourth-order valence-electron chi connectivity index (χ4n) is 4.01. The summed E-state index contributed by atoms with van der Waals surface area (Å²) < 4.78 is 5.48. The number of non-ortho nitro benzene ring substituents is 1. The quantitative estimate of drug-likeness (QED) is 0.152. The maximum atomic E-state index is 13.3. The summed E-state index contributed by atoms with van der Waals surface area (Å²) in [5.41, 5.74) is 1.18. The Morgan fingerprint density at radius 3 is 2.42 bits per heavy atom. The van der Waals surface area contributed by atoms with Crippen LogP contribution in [-0.4, -0.2) is 33.4 Å². The van der Waals surface area contributed by atoms with Crippen molar-refractivity contribution in [3.8, 4) is 11.5 Å². The number of amides is 1. The number of ether oxygens (including phenoxy) is 1. The first kappa shape index (κ1) is 24.7. The molecule has 1 amide bonds. The summed E-state index contributed by atoms with van der Waals surface area (Å²) in [4.78, 5) is 38.2. The second kappa shape index (κ2) is 9.71. The molecule has 1 aliphatic rings. The largest absolute Gasteiger partial charge is 0.507 e. The van der Waals surface area contributed by atoms with Crippen molar-refractivity contribution in [3.63, 3.8) is 0 Å². The lowest BCUT2D eigenvalue weighted by Crippen LogP contribution is -2.29. The predicted octanol–water partition coefficient (Wildman–Crippen LogP) is 5.29. The normalized spacial score (nSPS) is 16.9. The van der Waals surface area contributed by atoms with Gasteiger partial charge in [-0.15, -0.1) is 0 Å². The van der Waals surface area contributed by atoms with E-state index in [2.05, 4.69) is 0 Å². The molecule has 10 heteroatoms. The van der Waals surface area contributed by atoms with Gasteiger partial charge in [0.2, 0.25) is 0 Å². The molecule has 0 aromatic heterocycles. The molecule has 0 radical (unpaired) electrons. The summed E-state index contributed by atoms with van der Waals surface area (Å²) >= 11 is 6.30. The molecule has 0 saturated carbocycles. The number of aromatic hydroxyl groups is 1. The maximum Gasteiger partial charge on any atom is 0.300 e. The fraction of sp³-hybridized carbons (Fsp3) is 0.154. The second-order valence-electron chi connectivity index (χ2n) is 8.07. The number of phenolic OH excluding ortho intramolecular Hbond substituents is 1. The molecule has 0 aliphatic carbocycles. The molecule has 0 bridgehead atoms. The summed E-state index contributed by atoms with van der Waals surface area (Å²) in [6, 6.07) is 13.1. The van der Waals surface area contributed by atoms with Crippen LogP contribution in [0.15, 0.2) is 66.2 Å². The van der Waals surface area contributed by atoms with Crippen LogP contribution in [0.1, 0.15) is 29.7 Å². The first-order valence-corrected chi connectivity index (χ1v) is 11.3. The zero-order valence-electron chi connectivity index (χ0n) is 19.3. The number of halogens is 1. The Morgan fingerprint density at radius 2 is 1.81 bits per heavy atom. The zero-order chi connectivity index (χ0) is 26.1. The first-order valence-electron chi connectivity index (χ1n) is 10.9. The highest BCUT2D eigenvalue weighted by Gasteiger charge is 2.47. The Balaban J connectivity index is 1.95. The van der Waals surface area contributed by atoms with Crippen molar-refractivity contribution in [1.82, 2.24) is 0 Å². The fourth-order valence-corrected chi connectivity index (χ4v) is 4.19. The van der Waals surface area contributed by atoms with Gasteiger partial charge >= 0.3 is 0 Å². The van der Waals surface area contributed by atoms with Gasteiger partial charge in [0.1, 0.15) is 5.76 Å².